The van der Waals surface area contributed by atoms with E-state index in [-0.39, 0.29) is 0 Å². The van der Waals surface area contributed by atoms with Crippen molar-refractivity contribution in [3.8, 4) is 0 Å². The Hall–Kier alpha value is -0.810. The second kappa shape index (κ2) is 9.04. The summed E-state index contributed by atoms with van der Waals surface area (Å²) in [6.45, 7) is 9.03. The van der Waals surface area contributed by atoms with Crippen molar-refractivity contribution in [1.82, 2.24) is 10.2 Å². The van der Waals surface area contributed by atoms with Crippen molar-refractivity contribution in [3.05, 3.63) is 0 Å². The highest BCUT2D eigenvalue weighted by Crippen LogP contribution is 2.34. The molecule has 5 nitrogen and oxygen atoms in total. The maximum Gasteiger partial charge on any atom is 0.194 e. The third kappa shape index (κ3) is 5.09. The first-order valence-corrected chi connectivity index (χ1v) is 10.1. The van der Waals surface area contributed by atoms with Crippen LogP contribution < -0.4 is 5.32 Å². The molecule has 0 spiro atoms. The molecule has 0 bridgehead atoms. The number of likely N-dealkylation sites (tertiary alicyclic amines) is 1. The van der Waals surface area contributed by atoms with E-state index >= 15 is 0 Å². The van der Waals surface area contributed by atoms with Gasteiger partial charge in [-0.2, -0.15) is 0 Å². The Balaban J connectivity index is 1.39. The topological polar surface area (TPSA) is 46.1 Å². The summed E-state index contributed by atoms with van der Waals surface area (Å²) in [6, 6.07) is 0.656. The van der Waals surface area contributed by atoms with Gasteiger partial charge in [-0.25, -0.2) is 0 Å². The van der Waals surface area contributed by atoms with Crippen LogP contribution in [0.3, 0.4) is 0 Å². The van der Waals surface area contributed by atoms with Crippen LogP contribution >= 0.6 is 0 Å². The zero-order chi connectivity index (χ0) is 16.8. The van der Waals surface area contributed by atoms with Gasteiger partial charge in [0.15, 0.2) is 5.96 Å². The van der Waals surface area contributed by atoms with E-state index in [4.69, 9.17) is 14.5 Å². The van der Waals surface area contributed by atoms with Gasteiger partial charge in [-0.1, -0.05) is 13.3 Å². The fourth-order valence-electron chi connectivity index (χ4n) is 3.92. The van der Waals surface area contributed by atoms with Crippen LogP contribution in [-0.4, -0.2) is 62.0 Å². The molecule has 138 valence electrons. The smallest absolute Gasteiger partial charge is 0.194 e. The Morgan fingerprint density at radius 2 is 2.08 bits per heavy atom. The lowest BCUT2D eigenvalue weighted by atomic mass is 10.1. The van der Waals surface area contributed by atoms with Gasteiger partial charge in [-0.3, -0.25) is 4.99 Å². The summed E-state index contributed by atoms with van der Waals surface area (Å²) in [5.41, 5.74) is 0. The highest BCUT2D eigenvalue weighted by Gasteiger charge is 2.37. The average molecular weight is 338 g/mol. The third-order valence-corrected chi connectivity index (χ3v) is 5.49. The second-order valence-electron chi connectivity index (χ2n) is 7.49. The van der Waals surface area contributed by atoms with Crippen molar-refractivity contribution in [2.45, 2.75) is 77.0 Å². The molecule has 0 aromatic carbocycles. The molecule has 5 heteroatoms. The van der Waals surface area contributed by atoms with Crippen LogP contribution in [0.15, 0.2) is 4.99 Å². The highest BCUT2D eigenvalue weighted by molar-refractivity contribution is 5.80. The molecule has 1 saturated carbocycles. The molecule has 24 heavy (non-hydrogen) atoms. The molecule has 1 aliphatic carbocycles. The Bertz CT molecular complexity index is 401. The third-order valence-electron chi connectivity index (χ3n) is 5.49. The average Bonchev–Trinajstić information content (AvgIpc) is 3.11. The van der Waals surface area contributed by atoms with Crippen molar-refractivity contribution >= 4 is 5.96 Å². The number of aliphatic imine (C=N–C) groups is 1. The van der Waals surface area contributed by atoms with Crippen LogP contribution in [0, 0.1) is 5.92 Å². The summed E-state index contributed by atoms with van der Waals surface area (Å²) < 4.78 is 11.7. The molecular formula is C19H35N3O2. The first-order chi connectivity index (χ1) is 11.8. The van der Waals surface area contributed by atoms with Crippen molar-refractivity contribution in [3.63, 3.8) is 0 Å². The van der Waals surface area contributed by atoms with Gasteiger partial charge in [-0.05, 0) is 51.4 Å². The minimum Gasteiger partial charge on any atom is -0.376 e. The SMILES string of the molecule is CCCC1CC1NC(=NCC)N1CCC(OCC2CCCO2)CC1. The van der Waals surface area contributed by atoms with E-state index in [0.29, 0.717) is 18.2 Å². The van der Waals surface area contributed by atoms with Crippen LogP contribution in [0.2, 0.25) is 0 Å². The van der Waals surface area contributed by atoms with E-state index in [2.05, 4.69) is 24.1 Å². The molecule has 0 radical (unpaired) electrons. The highest BCUT2D eigenvalue weighted by atomic mass is 16.5. The summed E-state index contributed by atoms with van der Waals surface area (Å²) in [5, 5.41) is 3.70. The quantitative estimate of drug-likeness (QED) is 0.573. The normalized spacial score (nSPS) is 31.5. The van der Waals surface area contributed by atoms with Crippen LogP contribution in [0.4, 0.5) is 0 Å². The van der Waals surface area contributed by atoms with Gasteiger partial charge in [0.05, 0.1) is 18.8 Å². The molecule has 2 saturated heterocycles. The second-order valence-corrected chi connectivity index (χ2v) is 7.49. The van der Waals surface area contributed by atoms with Crippen molar-refractivity contribution < 1.29 is 9.47 Å². The van der Waals surface area contributed by atoms with E-state index in [9.17, 15) is 0 Å². The molecule has 0 amide bonds. The van der Waals surface area contributed by atoms with Crippen LogP contribution in [-0.2, 0) is 9.47 Å². The number of rotatable bonds is 7. The van der Waals surface area contributed by atoms with Crippen molar-refractivity contribution in [1.29, 1.82) is 0 Å². The fourth-order valence-corrected chi connectivity index (χ4v) is 3.92. The molecule has 1 N–H and O–H groups in total. The maximum absolute atomic E-state index is 6.09. The van der Waals surface area contributed by atoms with Crippen molar-refractivity contribution in [2.24, 2.45) is 10.9 Å². The monoisotopic (exact) mass is 337 g/mol. The lowest BCUT2D eigenvalue weighted by Gasteiger charge is -2.34. The number of ether oxygens (including phenoxy) is 2. The van der Waals surface area contributed by atoms with E-state index in [1.54, 1.807) is 0 Å². The molecule has 3 unspecified atom stereocenters. The Morgan fingerprint density at radius 1 is 1.25 bits per heavy atom. The summed E-state index contributed by atoms with van der Waals surface area (Å²) in [7, 11) is 0. The molecule has 3 aliphatic rings. The van der Waals surface area contributed by atoms with E-state index in [1.807, 2.05) is 0 Å². The Morgan fingerprint density at radius 3 is 2.75 bits per heavy atom. The van der Waals surface area contributed by atoms with Gasteiger partial charge >= 0.3 is 0 Å². The molecule has 0 aromatic rings. The van der Waals surface area contributed by atoms with E-state index in [0.717, 1.165) is 64.0 Å². The number of piperidine rings is 1. The van der Waals surface area contributed by atoms with Crippen molar-refractivity contribution in [2.75, 3.05) is 32.8 Å². The summed E-state index contributed by atoms with van der Waals surface area (Å²) in [6.07, 6.45) is 9.23. The summed E-state index contributed by atoms with van der Waals surface area (Å²) >= 11 is 0. The predicted molar refractivity (Wildman–Crippen MR) is 97.4 cm³/mol. The largest absolute Gasteiger partial charge is 0.376 e. The summed E-state index contributed by atoms with van der Waals surface area (Å²) in [4.78, 5) is 7.15. The first-order valence-electron chi connectivity index (χ1n) is 10.1. The Kier molecular flexibility index (Phi) is 6.78. The lowest BCUT2D eigenvalue weighted by molar-refractivity contribution is -0.0367. The van der Waals surface area contributed by atoms with Gasteiger partial charge in [0.25, 0.3) is 0 Å². The van der Waals surface area contributed by atoms with Crippen LogP contribution in [0.25, 0.3) is 0 Å². The fraction of sp³-hybridized carbons (Fsp3) is 0.947. The van der Waals surface area contributed by atoms with Crippen LogP contribution in [0.1, 0.15) is 58.8 Å². The number of hydrogen-bond donors (Lipinski definition) is 1. The van der Waals surface area contributed by atoms with Crippen LogP contribution in [0.5, 0.6) is 0 Å². The number of hydrogen-bond acceptors (Lipinski definition) is 3. The summed E-state index contributed by atoms with van der Waals surface area (Å²) in [5.74, 6) is 1.99. The van der Waals surface area contributed by atoms with Gasteiger partial charge in [-0.15, -0.1) is 0 Å². The number of nitrogens with zero attached hydrogens (tertiary/aromatic N) is 2. The zero-order valence-corrected chi connectivity index (χ0v) is 15.5. The number of guanidine groups is 1. The van der Waals surface area contributed by atoms with E-state index in [1.165, 1.54) is 25.7 Å². The minimum absolute atomic E-state index is 0.340. The number of nitrogens with one attached hydrogen (secondary N) is 1. The molecular weight excluding hydrogens is 302 g/mol. The van der Waals surface area contributed by atoms with Gasteiger partial charge in [0, 0.05) is 32.3 Å². The maximum atomic E-state index is 6.09. The lowest BCUT2D eigenvalue weighted by Crippen LogP contribution is -2.48. The van der Waals surface area contributed by atoms with Gasteiger partial charge in [0.1, 0.15) is 0 Å². The molecule has 3 atom stereocenters. The zero-order valence-electron chi connectivity index (χ0n) is 15.5. The van der Waals surface area contributed by atoms with E-state index < -0.39 is 0 Å². The molecule has 3 fully saturated rings. The molecule has 0 aromatic heterocycles. The molecule has 2 aliphatic heterocycles. The van der Waals surface area contributed by atoms with Gasteiger partial charge < -0.3 is 19.7 Å². The first kappa shape index (κ1) is 18.0. The Labute approximate surface area is 147 Å². The predicted octanol–water partition coefficient (Wildman–Crippen LogP) is 2.80. The standard InChI is InChI=1S/C19H35N3O2/c1-3-6-15-13-18(15)21-19(20-4-2)22-10-8-16(9-11-22)24-14-17-7-5-12-23-17/h15-18H,3-14H2,1-2H3,(H,20,21). The van der Waals surface area contributed by atoms with Gasteiger partial charge in [0.2, 0.25) is 0 Å². The minimum atomic E-state index is 0.340. The molecule has 2 heterocycles. The molecule has 3 rings (SSSR count).